The van der Waals surface area contributed by atoms with Gasteiger partial charge in [0, 0.05) is 5.75 Å². The van der Waals surface area contributed by atoms with E-state index in [4.69, 9.17) is 6.52 Å². The number of nitrogens with two attached hydrogens (primary N) is 1. The Hall–Kier alpha value is -0.460. The lowest BCUT2D eigenvalue weighted by Crippen LogP contribution is -2.35. The van der Waals surface area contributed by atoms with Crippen molar-refractivity contribution in [2.24, 2.45) is 5.73 Å². The van der Waals surface area contributed by atoms with E-state index in [2.05, 4.69) is 0 Å². The van der Waals surface area contributed by atoms with Gasteiger partial charge in [-0.3, -0.25) is 9.00 Å². The molecule has 0 saturated heterocycles. The molecule has 0 bridgehead atoms. The third-order valence-electron chi connectivity index (χ3n) is 0.601. The van der Waals surface area contributed by atoms with E-state index in [1.165, 1.54) is 0 Å². The van der Waals surface area contributed by atoms with Crippen molar-refractivity contribution < 1.29 is 20.1 Å². The highest BCUT2D eigenvalue weighted by molar-refractivity contribution is 7.79. The number of carbonyl (C=O) groups is 1. The Balaban J connectivity index is 3.83. The van der Waals surface area contributed by atoms with Gasteiger partial charge in [-0.15, -0.1) is 0 Å². The lowest BCUT2D eigenvalue weighted by atomic mass is 10.4. The molecule has 0 fully saturated rings. The van der Waals surface area contributed by atoms with Crippen molar-refractivity contribution in [3.05, 3.63) is 0 Å². The molecule has 0 radical (unpaired) electrons. The zero-order valence-corrected chi connectivity index (χ0v) is 5.18. The van der Waals surface area contributed by atoms with Crippen LogP contribution in [0.4, 0.5) is 0 Å². The summed E-state index contributed by atoms with van der Waals surface area (Å²) in [5.74, 6) is -1.93. The monoisotopic (exact) mass is 154 g/mol. The van der Waals surface area contributed by atoms with E-state index in [0.29, 0.717) is 0 Å². The van der Waals surface area contributed by atoms with Gasteiger partial charge in [0.2, 0.25) is 0 Å². The van der Waals surface area contributed by atoms with Crippen molar-refractivity contribution >= 4 is 17.0 Å². The largest absolute Gasteiger partial charge is 0.772 e. The lowest BCUT2D eigenvalue weighted by Gasteiger charge is -2.07. The topological polar surface area (TPSA) is 103 Å². The number of aliphatic carboxylic acids is 1. The summed E-state index contributed by atoms with van der Waals surface area (Å²) in [6.45, 7) is 0. The van der Waals surface area contributed by atoms with Crippen molar-refractivity contribution in [2.45, 2.75) is 6.04 Å². The molecule has 0 aliphatic heterocycles. The predicted molar refractivity (Wildman–Crippen MR) is 29.4 cm³/mol. The quantitative estimate of drug-likeness (QED) is 0.468. The smallest absolute Gasteiger partial charge is 0.321 e. The first-order valence-corrected chi connectivity index (χ1v) is 3.28. The second-order valence-corrected chi connectivity index (χ2v) is 2.30. The molecule has 5 nitrogen and oxygen atoms in total. The molecular weight excluding hydrogens is 146 g/mol. The SMILES string of the molecule is [3H]NC(CS(=O)[O-])C(=O)O. The molecule has 0 amide bonds. The van der Waals surface area contributed by atoms with Gasteiger partial charge in [0.1, 0.15) is 7.45 Å². The Kier molecular flexibility index (Phi) is 2.62. The zero-order chi connectivity index (χ0) is 8.15. The van der Waals surface area contributed by atoms with Crippen LogP contribution in [0.2, 0.25) is 1.41 Å². The molecule has 3 N–H and O–H groups in total. The van der Waals surface area contributed by atoms with E-state index in [1.807, 2.05) is 0 Å². The zero-order valence-electron chi connectivity index (χ0n) is 5.36. The van der Waals surface area contributed by atoms with Crippen LogP contribution in [-0.2, 0) is 15.9 Å². The molecule has 0 aromatic heterocycles. The van der Waals surface area contributed by atoms with Gasteiger partial charge in [0.05, 0.1) is 0 Å². The van der Waals surface area contributed by atoms with E-state index < -0.39 is 28.8 Å². The Morgan fingerprint density at radius 2 is 2.67 bits per heavy atom. The molecule has 0 heterocycles. The maximum atomic E-state index is 10.0. The van der Waals surface area contributed by atoms with Crippen molar-refractivity contribution in [3.8, 4) is 0 Å². The Bertz CT molecular complexity index is 151. The minimum absolute atomic E-state index is 0.584. The predicted octanol–water partition coefficient (Wildman–Crippen LogP) is -1.72. The maximum Gasteiger partial charge on any atom is 0.321 e. The number of rotatable bonds is 4. The van der Waals surface area contributed by atoms with Crippen LogP contribution in [0.5, 0.6) is 0 Å². The second kappa shape index (κ2) is 3.54. The van der Waals surface area contributed by atoms with Gasteiger partial charge in [0.25, 0.3) is 0 Å². The average molecular weight is 154 g/mol. The molecule has 0 spiro atoms. The molecule has 0 saturated carbocycles. The number of carboxylic acid groups (broad SMARTS) is 1. The highest BCUT2D eigenvalue weighted by Crippen LogP contribution is 1.81. The number of carboxylic acids is 1. The van der Waals surface area contributed by atoms with Gasteiger partial charge in [-0.1, -0.05) is 11.1 Å². The van der Waals surface area contributed by atoms with E-state index >= 15 is 0 Å². The van der Waals surface area contributed by atoms with Crippen LogP contribution in [0.15, 0.2) is 0 Å². The van der Waals surface area contributed by atoms with Crippen molar-refractivity contribution in [2.75, 3.05) is 5.75 Å². The molecule has 0 aromatic rings. The third kappa shape index (κ3) is 4.07. The molecule has 54 valence electrons. The molecule has 6 heteroatoms. The van der Waals surface area contributed by atoms with Gasteiger partial charge >= 0.3 is 5.97 Å². The minimum Gasteiger partial charge on any atom is -0.772 e. The summed E-state index contributed by atoms with van der Waals surface area (Å²) in [7, 11) is 0. The van der Waals surface area contributed by atoms with Gasteiger partial charge < -0.3 is 15.4 Å². The first kappa shape index (κ1) is 6.66. The summed E-state index contributed by atoms with van der Waals surface area (Å²) >= 11 is -2.43. The molecule has 9 heavy (non-hydrogen) atoms. The summed E-state index contributed by atoms with van der Waals surface area (Å²) in [6, 6.07) is -1.33. The highest BCUT2D eigenvalue weighted by Gasteiger charge is 2.09. The summed E-state index contributed by atoms with van der Waals surface area (Å²) < 4.78 is 26.2. The van der Waals surface area contributed by atoms with Crippen LogP contribution in [0, 0.1) is 0 Å². The van der Waals surface area contributed by atoms with Crippen LogP contribution in [0.25, 0.3) is 0 Å². The van der Waals surface area contributed by atoms with Gasteiger partial charge in [-0.2, -0.15) is 0 Å². The molecule has 2 atom stereocenters. The first-order valence-electron chi connectivity index (χ1n) is 2.54. The standard InChI is InChI=1S/C3H7NO4S/c4-2(3(5)6)1-9(7)8/h2H,1,4H2,(H,5,6)(H,7,8)/p-1/i/hT. The summed E-state index contributed by atoms with van der Waals surface area (Å²) in [5.41, 5.74) is 1.59. The van der Waals surface area contributed by atoms with Crippen LogP contribution < -0.4 is 5.73 Å². The van der Waals surface area contributed by atoms with E-state index in [9.17, 15) is 13.6 Å². The molecule has 0 rings (SSSR count). The Morgan fingerprint density at radius 1 is 2.11 bits per heavy atom. The van der Waals surface area contributed by atoms with E-state index in [1.54, 1.807) is 5.73 Å². The maximum absolute atomic E-state index is 10.0. The Morgan fingerprint density at radius 3 is 2.78 bits per heavy atom. The van der Waals surface area contributed by atoms with Gasteiger partial charge in [-0.05, 0) is 0 Å². The van der Waals surface area contributed by atoms with Crippen LogP contribution >= 0.6 is 0 Å². The fourth-order valence-corrected chi connectivity index (χ4v) is 0.622. The van der Waals surface area contributed by atoms with Crippen LogP contribution in [-0.4, -0.2) is 31.6 Å². The molecule has 0 aromatic carbocycles. The van der Waals surface area contributed by atoms with Crippen LogP contribution in [0.3, 0.4) is 0 Å². The fraction of sp³-hybridized carbons (Fsp3) is 0.667. The van der Waals surface area contributed by atoms with E-state index in [-0.39, 0.29) is 0 Å². The first-order chi connectivity index (χ1) is 4.57. The minimum atomic E-state index is -2.43. The van der Waals surface area contributed by atoms with Gasteiger partial charge in [-0.25, -0.2) is 0 Å². The van der Waals surface area contributed by atoms with E-state index in [0.717, 1.165) is 0 Å². The van der Waals surface area contributed by atoms with Crippen molar-refractivity contribution in [1.82, 2.24) is 0 Å². The fourth-order valence-electron chi connectivity index (χ4n) is 0.207. The third-order valence-corrected chi connectivity index (χ3v) is 1.21. The van der Waals surface area contributed by atoms with Crippen molar-refractivity contribution in [3.63, 3.8) is 0 Å². The summed E-state index contributed by atoms with van der Waals surface area (Å²) in [5, 5.41) is 8.17. The Labute approximate surface area is 55.6 Å². The second-order valence-electron chi connectivity index (χ2n) is 1.36. The normalized spacial score (nSPS) is 18.1. The molecule has 0 aliphatic rings. The molecule has 2 unspecified atom stereocenters. The number of hydrogen-bond donors (Lipinski definition) is 2. The van der Waals surface area contributed by atoms with Crippen molar-refractivity contribution in [1.29, 1.82) is 0 Å². The summed E-state index contributed by atoms with van der Waals surface area (Å²) in [4.78, 5) is 10.0. The summed E-state index contributed by atoms with van der Waals surface area (Å²) in [6.07, 6.45) is 0. The number of hydrogen-bond acceptors (Lipinski definition) is 4. The van der Waals surface area contributed by atoms with Crippen LogP contribution in [0.1, 0.15) is 0 Å². The molecular formula is C3H6NO4S-. The lowest BCUT2D eigenvalue weighted by molar-refractivity contribution is -0.137. The average Bonchev–Trinajstić information content (AvgIpc) is 1.81. The highest BCUT2D eigenvalue weighted by atomic mass is 32.2. The van der Waals surface area contributed by atoms with Gasteiger partial charge in [0.15, 0.2) is 0 Å². The molecule has 0 aliphatic carbocycles.